The fourth-order valence-corrected chi connectivity index (χ4v) is 4.24. The van der Waals surface area contributed by atoms with Gasteiger partial charge in [-0.05, 0) is 73.3 Å². The van der Waals surface area contributed by atoms with Gasteiger partial charge in [-0.3, -0.25) is 0 Å². The van der Waals surface area contributed by atoms with E-state index in [4.69, 9.17) is 5.10 Å². The quantitative estimate of drug-likeness (QED) is 0.310. The molecule has 0 aliphatic carbocycles. The van der Waals surface area contributed by atoms with Crippen molar-refractivity contribution in [1.29, 1.82) is 0 Å². The average Bonchev–Trinajstić information content (AvgIpc) is 2.93. The van der Waals surface area contributed by atoms with Crippen LogP contribution in [-0.2, 0) is 7.05 Å². The van der Waals surface area contributed by atoms with Crippen molar-refractivity contribution in [3.05, 3.63) is 51.7 Å². The Balaban J connectivity index is 0.000000948. The van der Waals surface area contributed by atoms with E-state index in [1.165, 1.54) is 55.0 Å². The first kappa shape index (κ1) is 18.4. The van der Waals surface area contributed by atoms with Gasteiger partial charge in [0.25, 0.3) is 0 Å². The maximum atomic E-state index is 4.73. The van der Waals surface area contributed by atoms with E-state index in [-0.39, 0.29) is 0 Å². The van der Waals surface area contributed by atoms with Crippen molar-refractivity contribution in [2.24, 2.45) is 7.05 Å². The molecular weight excluding hydrogens is 318 g/mol. The molecule has 0 bridgehead atoms. The third-order valence-corrected chi connectivity index (χ3v) is 5.78. The van der Waals surface area contributed by atoms with Crippen LogP contribution in [0.5, 0.6) is 0 Å². The summed E-state index contributed by atoms with van der Waals surface area (Å²) in [5.74, 6) is 0. The van der Waals surface area contributed by atoms with Gasteiger partial charge < -0.3 is 0 Å². The van der Waals surface area contributed by atoms with Crippen LogP contribution in [0.3, 0.4) is 0 Å². The van der Waals surface area contributed by atoms with Crippen LogP contribution in [-0.4, -0.2) is 9.90 Å². The Kier molecular flexibility index (Phi) is 4.51. The van der Waals surface area contributed by atoms with Crippen LogP contribution in [0.1, 0.15) is 47.4 Å². The number of rotatable bonds is 0. The van der Waals surface area contributed by atoms with Gasteiger partial charge in [-0.15, -0.1) is 4.52 Å². The second kappa shape index (κ2) is 6.39. The lowest BCUT2D eigenvalue weighted by molar-refractivity contribution is -0.586. The molecule has 4 rings (SSSR count). The van der Waals surface area contributed by atoms with Crippen LogP contribution in [0.4, 0.5) is 0 Å². The molecule has 0 N–H and O–H groups in total. The first-order valence-corrected chi connectivity index (χ1v) is 9.51. The topological polar surface area (TPSA) is 21.9 Å². The van der Waals surface area contributed by atoms with E-state index in [0.29, 0.717) is 0 Å². The molecule has 4 aromatic rings. The molecular formula is C23H30N3+. The highest BCUT2D eigenvalue weighted by Gasteiger charge is 2.26. The third kappa shape index (κ3) is 2.26. The molecule has 0 saturated heterocycles. The van der Waals surface area contributed by atoms with Crippen molar-refractivity contribution in [2.75, 3.05) is 0 Å². The molecule has 136 valence electrons. The van der Waals surface area contributed by atoms with Gasteiger partial charge >= 0.3 is 0 Å². The summed E-state index contributed by atoms with van der Waals surface area (Å²) >= 11 is 0. The summed E-state index contributed by atoms with van der Waals surface area (Å²) in [5, 5.41) is 8.77. The largest absolute Gasteiger partial charge is 0.224 e. The van der Waals surface area contributed by atoms with E-state index in [1.807, 2.05) is 25.7 Å². The van der Waals surface area contributed by atoms with Crippen molar-refractivity contribution in [1.82, 2.24) is 9.90 Å². The monoisotopic (exact) mass is 348 g/mol. The van der Waals surface area contributed by atoms with Crippen LogP contribution in [0, 0.1) is 41.5 Å². The number of aromatic nitrogens is 3. The maximum Gasteiger partial charge on any atom is 0.224 e. The Morgan fingerprint density at radius 3 is 1.96 bits per heavy atom. The summed E-state index contributed by atoms with van der Waals surface area (Å²) in [6.07, 6.45) is 0. The molecule has 0 spiro atoms. The fourth-order valence-electron chi connectivity index (χ4n) is 4.24. The summed E-state index contributed by atoms with van der Waals surface area (Å²) in [7, 11) is 2.03. The Labute approximate surface area is 156 Å². The predicted molar refractivity (Wildman–Crippen MR) is 111 cm³/mol. The van der Waals surface area contributed by atoms with Crippen LogP contribution in [0.25, 0.3) is 27.2 Å². The number of fused-ring (bicyclic) bond motifs is 6. The molecule has 0 aliphatic rings. The number of nitrogens with zero attached hydrogens (tertiary/aromatic N) is 3. The van der Waals surface area contributed by atoms with Crippen molar-refractivity contribution in [3.8, 4) is 0 Å². The second-order valence-corrected chi connectivity index (χ2v) is 7.06. The summed E-state index contributed by atoms with van der Waals surface area (Å²) in [5.41, 5.74) is 10.4. The zero-order chi connectivity index (χ0) is 19.3. The van der Waals surface area contributed by atoms with E-state index in [9.17, 15) is 0 Å². The minimum atomic E-state index is 1.08. The Hall–Kier alpha value is -2.42. The zero-order valence-electron chi connectivity index (χ0n) is 17.6. The molecule has 3 nitrogen and oxygen atoms in total. The van der Waals surface area contributed by atoms with E-state index in [0.717, 1.165) is 5.69 Å². The number of benzene rings is 2. The van der Waals surface area contributed by atoms with Crippen molar-refractivity contribution in [3.63, 3.8) is 0 Å². The zero-order valence-corrected chi connectivity index (χ0v) is 17.6. The van der Waals surface area contributed by atoms with Crippen molar-refractivity contribution >= 4 is 27.2 Å². The normalized spacial score (nSPS) is 11.3. The minimum absolute atomic E-state index is 1.08. The average molecular weight is 349 g/mol. The third-order valence-electron chi connectivity index (χ3n) is 5.78. The standard InChI is InChI=1S/C21H24N3.C2H6/c1-11-9-8-10-17-18-14(4)12(2)13(3)15(5)19(18)21-16(6)22-23(7)24(21)20(11)17;1-2/h8-10H,1-7H3;1-2H3/q+1;. The first-order valence-electron chi connectivity index (χ1n) is 9.51. The molecule has 0 fully saturated rings. The summed E-state index contributed by atoms with van der Waals surface area (Å²) < 4.78 is 2.28. The van der Waals surface area contributed by atoms with Gasteiger partial charge in [-0.1, -0.05) is 26.0 Å². The molecule has 0 amide bonds. The van der Waals surface area contributed by atoms with Crippen LogP contribution < -0.4 is 4.52 Å². The molecule has 0 atom stereocenters. The molecule has 26 heavy (non-hydrogen) atoms. The Morgan fingerprint density at radius 2 is 1.35 bits per heavy atom. The molecule has 0 radical (unpaired) electrons. The van der Waals surface area contributed by atoms with Gasteiger partial charge in [-0.25, -0.2) is 0 Å². The van der Waals surface area contributed by atoms with E-state index < -0.39 is 0 Å². The smallest absolute Gasteiger partial charge is 0.116 e. The molecule has 3 heteroatoms. The lowest BCUT2D eigenvalue weighted by Crippen LogP contribution is -2.33. The molecule has 2 aromatic heterocycles. The molecule has 2 heterocycles. The predicted octanol–water partition coefficient (Wildman–Crippen LogP) is 5.34. The van der Waals surface area contributed by atoms with Gasteiger partial charge in [-0.2, -0.15) is 0 Å². The van der Waals surface area contributed by atoms with Crippen LogP contribution in [0.15, 0.2) is 18.2 Å². The molecule has 0 unspecified atom stereocenters. The number of pyridine rings is 1. The molecule has 0 saturated carbocycles. The molecule has 0 aliphatic heterocycles. The van der Waals surface area contributed by atoms with Crippen molar-refractivity contribution in [2.45, 2.75) is 55.4 Å². The van der Waals surface area contributed by atoms with Gasteiger partial charge in [0.15, 0.2) is 5.52 Å². The van der Waals surface area contributed by atoms with Gasteiger partial charge in [0.05, 0.1) is 7.05 Å². The number of para-hydroxylation sites is 1. The fraction of sp³-hybridized carbons (Fsp3) is 0.391. The number of hydrogen-bond donors (Lipinski definition) is 0. The van der Waals surface area contributed by atoms with E-state index >= 15 is 0 Å². The van der Waals surface area contributed by atoms with Crippen LogP contribution >= 0.6 is 0 Å². The maximum absolute atomic E-state index is 4.73. The Bertz CT molecular complexity index is 1160. The van der Waals surface area contributed by atoms with Gasteiger partial charge in [0, 0.05) is 28.2 Å². The summed E-state index contributed by atoms with van der Waals surface area (Å²) in [6.45, 7) is 17.3. The molecule has 2 aromatic carbocycles. The minimum Gasteiger partial charge on any atom is -0.116 e. The van der Waals surface area contributed by atoms with E-state index in [2.05, 4.69) is 64.3 Å². The van der Waals surface area contributed by atoms with Gasteiger partial charge in [0.2, 0.25) is 11.2 Å². The second-order valence-electron chi connectivity index (χ2n) is 7.06. The first-order chi connectivity index (χ1) is 12.3. The lowest BCUT2D eigenvalue weighted by atomic mass is 9.89. The number of hydrogen-bond acceptors (Lipinski definition) is 1. The highest BCUT2D eigenvalue weighted by atomic mass is 15.5. The SMILES string of the molecule is CC.Cc1c(C)c(C)c2c(c1C)c1cccc(C)c1[n+]1c2c(C)nn1C. The highest BCUT2D eigenvalue weighted by molar-refractivity contribution is 6.14. The van der Waals surface area contributed by atoms with Crippen LogP contribution in [0.2, 0.25) is 0 Å². The summed E-state index contributed by atoms with van der Waals surface area (Å²) in [4.78, 5) is 1.98. The van der Waals surface area contributed by atoms with E-state index in [1.54, 1.807) is 0 Å². The summed E-state index contributed by atoms with van der Waals surface area (Å²) in [6, 6.07) is 6.60. The Morgan fingerprint density at radius 1 is 0.769 bits per heavy atom. The lowest BCUT2D eigenvalue weighted by Gasteiger charge is -2.16. The highest BCUT2D eigenvalue weighted by Crippen LogP contribution is 2.36. The van der Waals surface area contributed by atoms with Crippen molar-refractivity contribution < 1.29 is 4.52 Å². The number of aryl methyl sites for hydroxylation is 5. The van der Waals surface area contributed by atoms with Gasteiger partial charge in [0.1, 0.15) is 0 Å².